The summed E-state index contributed by atoms with van der Waals surface area (Å²) in [7, 11) is 1.77. The highest BCUT2D eigenvalue weighted by Gasteiger charge is 2.54. The van der Waals surface area contributed by atoms with Gasteiger partial charge in [-0.2, -0.15) is 0 Å². The molecule has 9 heteroatoms. The van der Waals surface area contributed by atoms with E-state index >= 15 is 0 Å². The maximum absolute atomic E-state index is 12.5. The van der Waals surface area contributed by atoms with E-state index in [1.807, 2.05) is 0 Å². The van der Waals surface area contributed by atoms with Gasteiger partial charge in [-0.05, 0) is 19.6 Å². The number of carbonyl (C=O) groups excluding carboxylic acids is 1. The van der Waals surface area contributed by atoms with E-state index in [-0.39, 0.29) is 12.1 Å². The van der Waals surface area contributed by atoms with Crippen LogP contribution in [-0.2, 0) is 6.54 Å². The molecule has 2 atom stereocenters. The van der Waals surface area contributed by atoms with Crippen molar-refractivity contribution in [3.8, 4) is 0 Å². The average molecular weight is 319 g/mol. The van der Waals surface area contributed by atoms with E-state index < -0.39 is 5.66 Å². The molecule has 4 rings (SSSR count). The van der Waals surface area contributed by atoms with E-state index in [0.29, 0.717) is 30.9 Å². The van der Waals surface area contributed by atoms with Gasteiger partial charge in [-0.15, -0.1) is 10.2 Å². The molecule has 0 aromatic carbocycles. The lowest BCUT2D eigenvalue weighted by atomic mass is 9.95. The molecule has 124 valence electrons. The quantitative estimate of drug-likeness (QED) is 0.725. The molecule has 3 aliphatic rings. The zero-order valence-electron chi connectivity index (χ0n) is 13.2. The average Bonchev–Trinajstić information content (AvgIpc) is 3.06. The smallest absolute Gasteiger partial charge is 0.322 e. The van der Waals surface area contributed by atoms with Crippen LogP contribution in [0.25, 0.3) is 0 Å². The van der Waals surface area contributed by atoms with Crippen LogP contribution in [0.3, 0.4) is 0 Å². The molecule has 3 saturated heterocycles. The van der Waals surface area contributed by atoms with Gasteiger partial charge in [-0.25, -0.2) is 4.79 Å². The number of aliphatic imine (C=N–C) groups is 1. The molecule has 4 heterocycles. The van der Waals surface area contributed by atoms with Crippen LogP contribution in [-0.4, -0.2) is 71.1 Å². The predicted molar refractivity (Wildman–Crippen MR) is 81.9 cm³/mol. The summed E-state index contributed by atoms with van der Waals surface area (Å²) in [5.74, 6) is 1.07. The van der Waals surface area contributed by atoms with E-state index in [0.717, 1.165) is 25.9 Å². The van der Waals surface area contributed by atoms with Crippen molar-refractivity contribution in [2.24, 2.45) is 4.99 Å². The SMILES string of the molecule is C=NC12CCC(c3nnc(CNC4CNC4)o3)N(C1)C(=O)N2C. The second-order valence-corrected chi connectivity index (χ2v) is 6.43. The largest absolute Gasteiger partial charge is 0.422 e. The van der Waals surface area contributed by atoms with Gasteiger partial charge in [-0.1, -0.05) is 0 Å². The van der Waals surface area contributed by atoms with Gasteiger partial charge in [0.1, 0.15) is 6.04 Å². The van der Waals surface area contributed by atoms with Gasteiger partial charge in [0.25, 0.3) is 0 Å². The topological polar surface area (TPSA) is 98.9 Å². The number of piperidine rings is 1. The van der Waals surface area contributed by atoms with Crippen molar-refractivity contribution < 1.29 is 9.21 Å². The lowest BCUT2D eigenvalue weighted by molar-refractivity contribution is 0.136. The van der Waals surface area contributed by atoms with Crippen LogP contribution in [0.2, 0.25) is 0 Å². The van der Waals surface area contributed by atoms with Crippen LogP contribution >= 0.6 is 0 Å². The number of rotatable bonds is 5. The van der Waals surface area contributed by atoms with Crippen molar-refractivity contribution in [1.82, 2.24) is 30.6 Å². The minimum absolute atomic E-state index is 0.0571. The highest BCUT2D eigenvalue weighted by Crippen LogP contribution is 2.43. The van der Waals surface area contributed by atoms with Gasteiger partial charge in [0.15, 0.2) is 5.66 Å². The first-order valence-electron chi connectivity index (χ1n) is 7.92. The third-order valence-corrected chi connectivity index (χ3v) is 5.16. The molecule has 3 aliphatic heterocycles. The fraction of sp³-hybridized carbons (Fsp3) is 0.714. The summed E-state index contributed by atoms with van der Waals surface area (Å²) in [6.45, 7) is 6.68. The number of nitrogens with one attached hydrogen (secondary N) is 2. The number of aromatic nitrogens is 2. The van der Waals surface area contributed by atoms with Crippen molar-refractivity contribution >= 4 is 12.7 Å². The predicted octanol–water partition coefficient (Wildman–Crippen LogP) is -0.270. The van der Waals surface area contributed by atoms with Crippen molar-refractivity contribution in [2.75, 3.05) is 26.7 Å². The molecular formula is C14H21N7O2. The van der Waals surface area contributed by atoms with Crippen molar-refractivity contribution in [2.45, 2.75) is 37.1 Å². The number of hydrogen-bond donors (Lipinski definition) is 2. The van der Waals surface area contributed by atoms with Crippen LogP contribution < -0.4 is 10.6 Å². The maximum atomic E-state index is 12.5. The molecule has 2 N–H and O–H groups in total. The molecule has 0 spiro atoms. The second-order valence-electron chi connectivity index (χ2n) is 6.43. The number of hydrogen-bond acceptors (Lipinski definition) is 7. The lowest BCUT2D eigenvalue weighted by Crippen LogP contribution is -2.55. The van der Waals surface area contributed by atoms with Gasteiger partial charge in [0.2, 0.25) is 11.8 Å². The summed E-state index contributed by atoms with van der Waals surface area (Å²) in [6, 6.07) is 0.236. The van der Waals surface area contributed by atoms with Crippen LogP contribution in [0.4, 0.5) is 4.79 Å². The van der Waals surface area contributed by atoms with Gasteiger partial charge >= 0.3 is 6.03 Å². The highest BCUT2D eigenvalue weighted by atomic mass is 16.4. The Hall–Kier alpha value is -2.00. The van der Waals surface area contributed by atoms with Gasteiger partial charge in [0.05, 0.1) is 13.1 Å². The Balaban J connectivity index is 1.47. The minimum Gasteiger partial charge on any atom is -0.422 e. The summed E-state index contributed by atoms with van der Waals surface area (Å²) in [5, 5.41) is 14.8. The standard InChI is InChI=1S/C14H21N7O2/c1-15-14-4-3-10(21(8-14)13(22)20(14)2)12-19-18-11(23-12)7-17-9-5-16-6-9/h9-10,16-17H,1,3-8H2,2H3. The van der Waals surface area contributed by atoms with Crippen molar-refractivity contribution in [3.05, 3.63) is 11.8 Å². The van der Waals surface area contributed by atoms with Crippen molar-refractivity contribution in [1.29, 1.82) is 0 Å². The molecule has 2 amide bonds. The van der Waals surface area contributed by atoms with Gasteiger partial charge < -0.3 is 24.9 Å². The summed E-state index contributed by atoms with van der Waals surface area (Å²) < 4.78 is 5.78. The molecule has 9 nitrogen and oxygen atoms in total. The number of likely N-dealkylation sites (N-methyl/N-ethyl adjacent to an activating group) is 1. The molecule has 0 radical (unpaired) electrons. The first-order chi connectivity index (χ1) is 11.1. The molecule has 2 bridgehead atoms. The Bertz CT molecular complexity index is 628. The molecule has 3 fully saturated rings. The van der Waals surface area contributed by atoms with Crippen LogP contribution in [0.15, 0.2) is 9.41 Å². The van der Waals surface area contributed by atoms with Crippen LogP contribution in [0, 0.1) is 0 Å². The van der Waals surface area contributed by atoms with Gasteiger partial charge in [0, 0.05) is 26.2 Å². The molecule has 0 saturated carbocycles. The Kier molecular flexibility index (Phi) is 3.34. The number of nitrogens with zero attached hydrogens (tertiary/aromatic N) is 5. The normalized spacial score (nSPS) is 30.7. The molecule has 2 unspecified atom stereocenters. The first-order valence-corrected chi connectivity index (χ1v) is 7.92. The lowest BCUT2D eigenvalue weighted by Gasteiger charge is -2.34. The zero-order chi connectivity index (χ0) is 16.0. The zero-order valence-corrected chi connectivity index (χ0v) is 13.2. The van der Waals surface area contributed by atoms with E-state index in [2.05, 4.69) is 32.5 Å². The van der Waals surface area contributed by atoms with E-state index in [1.54, 1.807) is 16.8 Å². The second kappa shape index (κ2) is 5.27. The number of urea groups is 1. The fourth-order valence-electron chi connectivity index (χ4n) is 3.46. The molecule has 23 heavy (non-hydrogen) atoms. The molecule has 0 aliphatic carbocycles. The Morgan fingerprint density at radius 3 is 3.04 bits per heavy atom. The Morgan fingerprint density at radius 2 is 2.35 bits per heavy atom. The molecular weight excluding hydrogens is 298 g/mol. The number of carbonyl (C=O) groups is 1. The summed E-state index contributed by atoms with van der Waals surface area (Å²) in [4.78, 5) is 20.1. The first kappa shape index (κ1) is 14.6. The number of amides is 2. The molecule has 1 aromatic heterocycles. The monoisotopic (exact) mass is 319 g/mol. The van der Waals surface area contributed by atoms with Gasteiger partial charge in [-0.3, -0.25) is 4.99 Å². The van der Waals surface area contributed by atoms with E-state index in [1.165, 1.54) is 0 Å². The Morgan fingerprint density at radius 1 is 1.52 bits per heavy atom. The van der Waals surface area contributed by atoms with Crippen LogP contribution in [0.1, 0.15) is 30.7 Å². The fourth-order valence-corrected chi connectivity index (χ4v) is 3.46. The van der Waals surface area contributed by atoms with E-state index in [9.17, 15) is 4.79 Å². The third kappa shape index (κ3) is 2.22. The van der Waals surface area contributed by atoms with E-state index in [4.69, 9.17) is 4.42 Å². The number of fused-ring (bicyclic) bond motifs is 2. The van der Waals surface area contributed by atoms with Crippen LogP contribution in [0.5, 0.6) is 0 Å². The molecule has 1 aromatic rings. The minimum atomic E-state index is -0.505. The summed E-state index contributed by atoms with van der Waals surface area (Å²) in [5.41, 5.74) is -0.505. The maximum Gasteiger partial charge on any atom is 0.322 e. The highest BCUT2D eigenvalue weighted by molar-refractivity contribution is 5.79. The van der Waals surface area contributed by atoms with Crippen molar-refractivity contribution in [3.63, 3.8) is 0 Å². The summed E-state index contributed by atoms with van der Waals surface area (Å²) >= 11 is 0. The summed E-state index contributed by atoms with van der Waals surface area (Å²) in [6.07, 6.45) is 1.50. The Labute approximate surface area is 134 Å². The third-order valence-electron chi connectivity index (χ3n) is 5.16.